The van der Waals surface area contributed by atoms with Crippen LogP contribution in [0, 0.1) is 0 Å². The van der Waals surface area contributed by atoms with Gasteiger partial charge in [0.15, 0.2) is 0 Å². The smallest absolute Gasteiger partial charge is 0.457 e. The Bertz CT molecular complexity index is 942. The van der Waals surface area contributed by atoms with Gasteiger partial charge in [0, 0.05) is 13.0 Å². The zero-order valence-corrected chi connectivity index (χ0v) is 36.4. The van der Waals surface area contributed by atoms with Crippen molar-refractivity contribution in [2.24, 2.45) is 0 Å². The lowest BCUT2D eigenvalue weighted by molar-refractivity contribution is -0.220. The van der Waals surface area contributed by atoms with Crippen LogP contribution in [0.1, 0.15) is 206 Å². The molecule has 1 saturated carbocycles. The number of phosphoric ester groups is 1. The number of unbranched alkanes of at least 4 members (excludes halogenated alkanes) is 27. The molecule has 0 heterocycles. The van der Waals surface area contributed by atoms with Crippen molar-refractivity contribution in [2.45, 2.75) is 249 Å². The number of carbonyl (C=O) groups is 1. The number of aliphatic hydroxyl groups is 5. The molecule has 56 heavy (non-hydrogen) atoms. The molecule has 6 N–H and O–H groups in total. The highest BCUT2D eigenvalue weighted by Gasteiger charge is 2.51. The van der Waals surface area contributed by atoms with Crippen molar-refractivity contribution in [2.75, 3.05) is 19.8 Å². The summed E-state index contributed by atoms with van der Waals surface area (Å²) in [7, 11) is -5.01. The van der Waals surface area contributed by atoms with E-state index in [1.54, 1.807) is 0 Å². The van der Waals surface area contributed by atoms with Crippen LogP contribution in [0.25, 0.3) is 0 Å². The van der Waals surface area contributed by atoms with Crippen molar-refractivity contribution in [3.63, 3.8) is 0 Å². The molecular weight excluding hydrogens is 739 g/mol. The van der Waals surface area contributed by atoms with Crippen molar-refractivity contribution in [1.82, 2.24) is 0 Å². The van der Waals surface area contributed by atoms with Gasteiger partial charge in [-0.3, -0.25) is 13.8 Å². The fourth-order valence-corrected chi connectivity index (χ4v) is 8.27. The molecule has 0 aromatic rings. The highest BCUT2D eigenvalue weighted by Crippen LogP contribution is 2.47. The van der Waals surface area contributed by atoms with Gasteiger partial charge in [-0.2, -0.15) is 0 Å². The molecule has 0 bridgehead atoms. The summed E-state index contributed by atoms with van der Waals surface area (Å²) in [6, 6.07) is 0. The lowest BCUT2D eigenvalue weighted by Crippen LogP contribution is -2.64. The first-order valence-electron chi connectivity index (χ1n) is 22.9. The minimum Gasteiger partial charge on any atom is -0.457 e. The molecule has 1 rings (SSSR count). The molecule has 8 atom stereocenters. The second kappa shape index (κ2) is 35.1. The van der Waals surface area contributed by atoms with Crippen LogP contribution in [0.3, 0.4) is 0 Å². The van der Waals surface area contributed by atoms with Gasteiger partial charge in [-0.15, -0.1) is 0 Å². The second-order valence-corrected chi connectivity index (χ2v) is 17.7. The van der Waals surface area contributed by atoms with E-state index in [9.17, 15) is 39.8 Å². The molecule has 1 fully saturated rings. The Balaban J connectivity index is 2.39. The van der Waals surface area contributed by atoms with Crippen LogP contribution in [0.2, 0.25) is 0 Å². The molecule has 0 aliphatic heterocycles. The van der Waals surface area contributed by atoms with Crippen molar-refractivity contribution >= 4 is 13.8 Å². The molecular formula is C43H85O12P. The van der Waals surface area contributed by atoms with E-state index >= 15 is 0 Å². The van der Waals surface area contributed by atoms with Gasteiger partial charge >= 0.3 is 13.8 Å². The van der Waals surface area contributed by atoms with Crippen LogP contribution >= 0.6 is 7.82 Å². The standard InChI is InChI=1S/C43H85O12P/c1-3-5-7-9-11-13-15-17-19-20-22-24-26-28-30-32-37(44)54-36(34-52-33-31-29-27-25-23-21-18-16-14-12-10-8-6-4-2)35-53-56(50,51)55-43-41(48)39(46)38(45)40(47)42(43)49/h36,38-43,45-49H,3-35H2,1-2H3,(H,50,51)/t36-,38?,39-,40?,41?,42?,43?/m1/s1. The first-order chi connectivity index (χ1) is 27.0. The molecule has 0 saturated heterocycles. The summed E-state index contributed by atoms with van der Waals surface area (Å²) >= 11 is 0. The maximum atomic E-state index is 12.8. The van der Waals surface area contributed by atoms with Crippen LogP contribution in [-0.2, 0) is 27.9 Å². The van der Waals surface area contributed by atoms with Gasteiger partial charge in [0.1, 0.15) is 42.7 Å². The van der Waals surface area contributed by atoms with E-state index in [0.29, 0.717) is 13.0 Å². The molecule has 1 aliphatic rings. The summed E-state index contributed by atoms with van der Waals surface area (Å²) in [6.45, 7) is 4.29. The van der Waals surface area contributed by atoms with Crippen LogP contribution in [-0.4, -0.2) is 98.9 Å². The minimum atomic E-state index is -5.01. The largest absolute Gasteiger partial charge is 0.472 e. The first kappa shape index (κ1) is 53.4. The molecule has 6 unspecified atom stereocenters. The number of ether oxygens (including phenoxy) is 2. The predicted molar refractivity (Wildman–Crippen MR) is 221 cm³/mol. The Kier molecular flexibility index (Phi) is 33.5. The summed E-state index contributed by atoms with van der Waals surface area (Å²) < 4.78 is 34.2. The highest BCUT2D eigenvalue weighted by molar-refractivity contribution is 7.47. The molecule has 334 valence electrons. The van der Waals surface area contributed by atoms with E-state index in [1.165, 1.54) is 141 Å². The monoisotopic (exact) mass is 825 g/mol. The van der Waals surface area contributed by atoms with E-state index < -0.39 is 63.1 Å². The number of esters is 1. The van der Waals surface area contributed by atoms with E-state index in [2.05, 4.69) is 13.8 Å². The third-order valence-corrected chi connectivity index (χ3v) is 12.0. The average molecular weight is 825 g/mol. The van der Waals surface area contributed by atoms with Crippen LogP contribution in [0.5, 0.6) is 0 Å². The lowest BCUT2D eigenvalue weighted by Gasteiger charge is -2.41. The highest BCUT2D eigenvalue weighted by atomic mass is 31.2. The number of carbonyl (C=O) groups excluding carboxylic acids is 1. The van der Waals surface area contributed by atoms with Crippen LogP contribution < -0.4 is 0 Å². The maximum absolute atomic E-state index is 12.8. The molecule has 0 amide bonds. The fraction of sp³-hybridized carbons (Fsp3) is 0.977. The third kappa shape index (κ3) is 27.2. The Morgan fingerprint density at radius 3 is 1.23 bits per heavy atom. The zero-order valence-electron chi connectivity index (χ0n) is 35.5. The third-order valence-electron chi connectivity index (χ3n) is 11.0. The number of hydrogen-bond donors (Lipinski definition) is 6. The lowest BCUT2D eigenvalue weighted by atomic mass is 9.85. The summed E-state index contributed by atoms with van der Waals surface area (Å²) in [5.74, 6) is -0.472. The summed E-state index contributed by atoms with van der Waals surface area (Å²) in [4.78, 5) is 23.1. The topological polar surface area (TPSA) is 192 Å². The van der Waals surface area contributed by atoms with Crippen LogP contribution in [0.4, 0.5) is 0 Å². The molecule has 0 spiro atoms. The summed E-state index contributed by atoms with van der Waals surface area (Å²) in [5, 5.41) is 50.1. The molecule has 1 aliphatic carbocycles. The number of rotatable bonds is 39. The SMILES string of the molecule is CCCCCCCCCCCCCCCCCC(=O)O[C@H](COCCCCCCCCCCCCCCCC)COP(=O)(O)OC1C(O)C(O)C(O)[C@@H](O)C1O. The molecule has 0 aromatic carbocycles. The number of aliphatic hydroxyl groups excluding tert-OH is 5. The van der Waals surface area contributed by atoms with Gasteiger partial charge in [0.05, 0.1) is 13.2 Å². The Hall–Kier alpha value is -0.660. The van der Waals surface area contributed by atoms with Crippen molar-refractivity contribution < 1.29 is 58.3 Å². The molecule has 0 aromatic heterocycles. The Morgan fingerprint density at radius 1 is 0.500 bits per heavy atom. The number of phosphoric acid groups is 1. The van der Waals surface area contributed by atoms with Crippen molar-refractivity contribution in [3.8, 4) is 0 Å². The molecule has 13 heteroatoms. The first-order valence-corrected chi connectivity index (χ1v) is 24.4. The van der Waals surface area contributed by atoms with E-state index in [4.69, 9.17) is 18.5 Å². The van der Waals surface area contributed by atoms with Crippen molar-refractivity contribution in [3.05, 3.63) is 0 Å². The molecule has 0 radical (unpaired) electrons. The quantitative estimate of drug-likeness (QED) is 0.0196. The van der Waals surface area contributed by atoms with E-state index in [-0.39, 0.29) is 13.0 Å². The van der Waals surface area contributed by atoms with Crippen LogP contribution in [0.15, 0.2) is 0 Å². The molecule has 12 nitrogen and oxygen atoms in total. The Labute approximate surface area is 340 Å². The fourth-order valence-electron chi connectivity index (χ4n) is 7.30. The predicted octanol–water partition coefficient (Wildman–Crippen LogP) is 8.98. The van der Waals surface area contributed by atoms with Crippen molar-refractivity contribution in [1.29, 1.82) is 0 Å². The van der Waals surface area contributed by atoms with Gasteiger partial charge in [-0.05, 0) is 12.8 Å². The van der Waals surface area contributed by atoms with Gasteiger partial charge in [0.2, 0.25) is 0 Å². The van der Waals surface area contributed by atoms with Gasteiger partial charge in [0.25, 0.3) is 0 Å². The number of hydrogen-bond acceptors (Lipinski definition) is 11. The van der Waals surface area contributed by atoms with Gasteiger partial charge < -0.3 is 39.9 Å². The summed E-state index contributed by atoms with van der Waals surface area (Å²) in [6.07, 6.45) is 23.1. The zero-order chi connectivity index (χ0) is 41.3. The Morgan fingerprint density at radius 2 is 0.839 bits per heavy atom. The minimum absolute atomic E-state index is 0.0681. The second-order valence-electron chi connectivity index (χ2n) is 16.3. The average Bonchev–Trinajstić information content (AvgIpc) is 3.18. The van der Waals surface area contributed by atoms with Gasteiger partial charge in [-0.1, -0.05) is 187 Å². The van der Waals surface area contributed by atoms with E-state index in [1.807, 2.05) is 0 Å². The van der Waals surface area contributed by atoms with Gasteiger partial charge in [-0.25, -0.2) is 4.57 Å². The normalized spacial score (nSPS) is 22.9. The summed E-state index contributed by atoms with van der Waals surface area (Å²) in [5.41, 5.74) is 0. The van der Waals surface area contributed by atoms with E-state index in [0.717, 1.165) is 38.5 Å². The maximum Gasteiger partial charge on any atom is 0.472 e.